The van der Waals surface area contributed by atoms with Crippen LogP contribution >= 0.6 is 0 Å². The van der Waals surface area contributed by atoms with Crippen LogP contribution in [0.25, 0.3) is 0 Å². The van der Waals surface area contributed by atoms with Gasteiger partial charge in [-0.15, -0.1) is 0 Å². The Morgan fingerprint density at radius 1 is 0.625 bits per heavy atom. The summed E-state index contributed by atoms with van der Waals surface area (Å²) in [7, 11) is -7.76. The van der Waals surface area contributed by atoms with Gasteiger partial charge in [-0.1, -0.05) is 0 Å². The summed E-state index contributed by atoms with van der Waals surface area (Å²) in [6.07, 6.45) is 2.37. The highest BCUT2D eigenvalue weighted by Gasteiger charge is 2.36. The van der Waals surface area contributed by atoms with Crippen LogP contribution in [0.15, 0.2) is 46.2 Å². The topological polar surface area (TPSA) is 127 Å². The molecule has 2 saturated heterocycles. The second kappa shape index (κ2) is 11.4. The van der Waals surface area contributed by atoms with Gasteiger partial charge in [0.15, 0.2) is 11.6 Å². The van der Waals surface area contributed by atoms with Crippen LogP contribution in [0.3, 0.4) is 0 Å². The number of rotatable bonds is 8. The van der Waals surface area contributed by atoms with Gasteiger partial charge in [-0.25, -0.2) is 16.8 Å². The normalized spacial score (nSPS) is 19.9. The number of hydrogen-bond acceptors (Lipinski definition) is 8. The standard InChI is InChI=1S/C28H34N2O8S2/c1-3-37-19-9-13-29(14-10-19)39(33,34)21-5-7-23-25(17-21)27(31)24-8-6-22(18-26(24)28(23)32)40(35,36)30-15-11-20(12-16-30)38-4-2/h5-8,17-20H,3-4,9-16H2,1-2H3. The number of carbonyl (C=O) groups excluding carboxylic acids is 2. The minimum atomic E-state index is -3.88. The van der Waals surface area contributed by atoms with Crippen molar-refractivity contribution in [2.45, 2.75) is 61.5 Å². The first kappa shape index (κ1) is 29.0. The number of hydrogen-bond donors (Lipinski definition) is 0. The monoisotopic (exact) mass is 590 g/mol. The van der Waals surface area contributed by atoms with Crippen molar-refractivity contribution in [1.82, 2.24) is 8.61 Å². The second-order valence-electron chi connectivity index (χ2n) is 10.2. The molecule has 0 unspecified atom stereocenters. The maximum Gasteiger partial charge on any atom is 0.243 e. The number of carbonyl (C=O) groups is 2. The van der Waals surface area contributed by atoms with Crippen LogP contribution in [0.1, 0.15) is 71.4 Å². The van der Waals surface area contributed by atoms with E-state index in [1.807, 2.05) is 13.8 Å². The molecule has 2 aromatic rings. The van der Waals surface area contributed by atoms with Crippen LogP contribution in [-0.4, -0.2) is 88.6 Å². The summed E-state index contributed by atoms with van der Waals surface area (Å²) in [5, 5.41) is 0. The van der Waals surface area contributed by atoms with E-state index in [1.165, 1.54) is 45.0 Å². The maximum atomic E-state index is 13.4. The minimum absolute atomic E-state index is 0.00335. The number of sulfonamides is 2. The average Bonchev–Trinajstić information content (AvgIpc) is 2.96. The van der Waals surface area contributed by atoms with Crippen LogP contribution in [-0.2, 0) is 29.5 Å². The summed E-state index contributed by atoms with van der Waals surface area (Å²) in [4.78, 5) is 26.8. The van der Waals surface area contributed by atoms with Gasteiger partial charge in [0, 0.05) is 61.6 Å². The van der Waals surface area contributed by atoms with Crippen molar-refractivity contribution in [3.63, 3.8) is 0 Å². The summed E-state index contributed by atoms with van der Waals surface area (Å²) in [6.45, 7) is 6.17. The molecule has 2 fully saturated rings. The zero-order valence-electron chi connectivity index (χ0n) is 22.7. The van der Waals surface area contributed by atoms with Gasteiger partial charge in [-0.05, 0) is 75.9 Å². The fourth-order valence-corrected chi connectivity index (χ4v) is 8.67. The number of nitrogens with zero attached hydrogens (tertiary/aromatic N) is 2. The van der Waals surface area contributed by atoms with Crippen molar-refractivity contribution in [2.24, 2.45) is 0 Å². The Balaban J connectivity index is 1.39. The summed E-state index contributed by atoms with van der Waals surface area (Å²) in [5.41, 5.74) is 0.102. The summed E-state index contributed by atoms with van der Waals surface area (Å²) >= 11 is 0. The molecule has 0 bridgehead atoms. The number of ether oxygens (including phenoxy) is 2. The highest BCUT2D eigenvalue weighted by molar-refractivity contribution is 7.89. The van der Waals surface area contributed by atoms with Gasteiger partial charge in [-0.3, -0.25) is 9.59 Å². The fourth-order valence-electron chi connectivity index (χ4n) is 5.68. The van der Waals surface area contributed by atoms with E-state index >= 15 is 0 Å². The third-order valence-corrected chi connectivity index (χ3v) is 11.6. The van der Waals surface area contributed by atoms with Crippen molar-refractivity contribution < 1.29 is 35.9 Å². The molecule has 2 heterocycles. The molecule has 0 saturated carbocycles. The summed E-state index contributed by atoms with van der Waals surface area (Å²) in [5.74, 6) is -1.03. The Morgan fingerprint density at radius 3 is 1.30 bits per heavy atom. The molecule has 2 aromatic carbocycles. The highest BCUT2D eigenvalue weighted by atomic mass is 32.2. The molecule has 1 aliphatic carbocycles. The van der Waals surface area contributed by atoms with Crippen molar-refractivity contribution in [3.8, 4) is 0 Å². The van der Waals surface area contributed by atoms with Crippen molar-refractivity contribution in [3.05, 3.63) is 58.7 Å². The lowest BCUT2D eigenvalue weighted by molar-refractivity contribution is 0.0288. The molecular formula is C28H34N2O8S2. The molecule has 0 amide bonds. The van der Waals surface area contributed by atoms with Gasteiger partial charge in [0.1, 0.15) is 0 Å². The molecule has 0 N–H and O–H groups in total. The Hall–Kier alpha value is -2.48. The number of ketones is 2. The maximum absolute atomic E-state index is 13.4. The van der Waals surface area contributed by atoms with E-state index in [1.54, 1.807) is 0 Å². The van der Waals surface area contributed by atoms with Crippen LogP contribution in [0.4, 0.5) is 0 Å². The van der Waals surface area contributed by atoms with Gasteiger partial charge in [-0.2, -0.15) is 8.61 Å². The second-order valence-corrected chi connectivity index (χ2v) is 14.1. The molecule has 0 radical (unpaired) electrons. The Kier molecular flexibility index (Phi) is 8.29. The van der Waals surface area contributed by atoms with Crippen LogP contribution < -0.4 is 0 Å². The van der Waals surface area contributed by atoms with Gasteiger partial charge in [0.25, 0.3) is 0 Å². The van der Waals surface area contributed by atoms with Crippen molar-refractivity contribution in [2.75, 3.05) is 39.4 Å². The molecule has 10 nitrogen and oxygen atoms in total. The first-order chi connectivity index (χ1) is 19.1. The van der Waals surface area contributed by atoms with Crippen molar-refractivity contribution in [1.29, 1.82) is 0 Å². The van der Waals surface area contributed by atoms with E-state index in [0.717, 1.165) is 0 Å². The van der Waals surface area contributed by atoms with E-state index in [4.69, 9.17) is 9.47 Å². The molecule has 40 heavy (non-hydrogen) atoms. The predicted molar refractivity (Wildman–Crippen MR) is 147 cm³/mol. The lowest BCUT2D eigenvalue weighted by Crippen LogP contribution is -2.41. The van der Waals surface area contributed by atoms with Gasteiger partial charge >= 0.3 is 0 Å². The van der Waals surface area contributed by atoms with Crippen LogP contribution in [0.5, 0.6) is 0 Å². The van der Waals surface area contributed by atoms with E-state index in [9.17, 15) is 26.4 Å². The molecule has 2 aliphatic heterocycles. The largest absolute Gasteiger partial charge is 0.378 e. The fraction of sp³-hybridized carbons (Fsp3) is 0.500. The van der Waals surface area contributed by atoms with E-state index in [0.29, 0.717) is 65.1 Å². The van der Waals surface area contributed by atoms with Crippen molar-refractivity contribution >= 4 is 31.6 Å². The molecule has 0 spiro atoms. The highest BCUT2D eigenvalue weighted by Crippen LogP contribution is 2.33. The third kappa shape index (κ3) is 5.28. The molecular weight excluding hydrogens is 556 g/mol. The Bertz CT molecular complexity index is 1410. The third-order valence-electron chi connectivity index (χ3n) is 7.84. The van der Waals surface area contributed by atoms with Crippen LogP contribution in [0, 0.1) is 0 Å². The number of benzene rings is 2. The average molecular weight is 591 g/mol. The number of piperidine rings is 2. The summed E-state index contributed by atoms with van der Waals surface area (Å²) in [6, 6.07) is 7.88. The molecule has 12 heteroatoms. The van der Waals surface area contributed by atoms with Gasteiger partial charge in [0.05, 0.1) is 22.0 Å². The van der Waals surface area contributed by atoms with Gasteiger partial charge < -0.3 is 9.47 Å². The Labute approximate surface area is 235 Å². The quantitative estimate of drug-likeness (QED) is 0.392. The zero-order chi connectivity index (χ0) is 28.7. The molecule has 0 atom stereocenters. The lowest BCUT2D eigenvalue weighted by atomic mass is 9.84. The predicted octanol–water partition coefficient (Wildman–Crippen LogP) is 2.84. The first-order valence-electron chi connectivity index (χ1n) is 13.7. The molecule has 0 aromatic heterocycles. The smallest absolute Gasteiger partial charge is 0.243 e. The first-order valence-corrected chi connectivity index (χ1v) is 16.6. The van der Waals surface area contributed by atoms with Gasteiger partial charge in [0.2, 0.25) is 20.0 Å². The Morgan fingerprint density at radius 2 is 0.975 bits per heavy atom. The van der Waals surface area contributed by atoms with E-state index < -0.39 is 31.6 Å². The molecule has 3 aliphatic rings. The minimum Gasteiger partial charge on any atom is -0.378 e. The number of fused-ring (bicyclic) bond motifs is 2. The molecule has 5 rings (SSSR count). The lowest BCUT2D eigenvalue weighted by Gasteiger charge is -2.31. The van der Waals surface area contributed by atoms with Crippen LogP contribution in [0.2, 0.25) is 0 Å². The summed E-state index contributed by atoms with van der Waals surface area (Å²) < 4.78 is 67.3. The molecule has 216 valence electrons. The SMILES string of the molecule is CCOC1CCN(S(=O)(=O)c2ccc3c(c2)C(=O)c2ccc(S(=O)(=O)N4CCC(OCC)CC4)cc2C3=O)CC1. The van der Waals surface area contributed by atoms with E-state index in [-0.39, 0.29) is 44.3 Å². The zero-order valence-corrected chi connectivity index (χ0v) is 24.3. The van der Waals surface area contributed by atoms with E-state index in [2.05, 4.69) is 0 Å².